The highest BCUT2D eigenvalue weighted by Crippen LogP contribution is 2.37. The molecule has 0 spiro atoms. The van der Waals surface area contributed by atoms with Gasteiger partial charge in [0.1, 0.15) is 10.8 Å². The quantitative estimate of drug-likeness (QED) is 0.775. The van der Waals surface area contributed by atoms with Crippen molar-refractivity contribution in [1.82, 2.24) is 4.90 Å². The first kappa shape index (κ1) is 19.3. The van der Waals surface area contributed by atoms with E-state index < -0.39 is 0 Å². The van der Waals surface area contributed by atoms with E-state index in [1.165, 1.54) is 29.7 Å². The molecule has 0 bridgehead atoms. The molecule has 28 heavy (non-hydrogen) atoms. The van der Waals surface area contributed by atoms with Gasteiger partial charge in [0.05, 0.1) is 0 Å². The van der Waals surface area contributed by atoms with Crippen molar-refractivity contribution in [3.63, 3.8) is 0 Å². The number of likely N-dealkylation sites (tertiary alicyclic amines) is 1. The summed E-state index contributed by atoms with van der Waals surface area (Å²) in [6.45, 7) is 5.58. The van der Waals surface area contributed by atoms with Crippen LogP contribution in [-0.2, 0) is 12.8 Å². The number of nitrogens with two attached hydrogens (primary N) is 1. The van der Waals surface area contributed by atoms with Crippen LogP contribution in [0.3, 0.4) is 0 Å². The Morgan fingerprint density at radius 3 is 2.54 bits per heavy atom. The van der Waals surface area contributed by atoms with Crippen LogP contribution >= 0.6 is 12.2 Å². The Kier molecular flexibility index (Phi) is 5.65. The van der Waals surface area contributed by atoms with Crippen LogP contribution < -0.4 is 10.6 Å². The van der Waals surface area contributed by atoms with Crippen LogP contribution in [0.4, 0.5) is 10.1 Å². The SMILES string of the molecule is CC1Cc2ccc(C(N)=S)cc2N1C1CCN(CCc2ccc(F)cc2)CC1. The van der Waals surface area contributed by atoms with Crippen molar-refractivity contribution < 1.29 is 4.39 Å². The van der Waals surface area contributed by atoms with E-state index in [0.29, 0.717) is 17.1 Å². The standard InChI is InChI=1S/C23H28FN3S/c1-16-14-18-4-5-19(23(25)28)15-22(18)27(16)21-9-12-26(13-10-21)11-8-17-2-6-20(24)7-3-17/h2-7,15-16,21H,8-14H2,1H3,(H2,25,28). The number of fused-ring (bicyclic) bond motifs is 1. The summed E-state index contributed by atoms with van der Waals surface area (Å²) in [5.41, 5.74) is 10.8. The molecule has 3 nitrogen and oxygen atoms in total. The van der Waals surface area contributed by atoms with Crippen LogP contribution in [0.1, 0.15) is 36.5 Å². The van der Waals surface area contributed by atoms with Gasteiger partial charge in [-0.25, -0.2) is 4.39 Å². The molecular weight excluding hydrogens is 369 g/mol. The summed E-state index contributed by atoms with van der Waals surface area (Å²) in [6.07, 6.45) is 4.41. The minimum Gasteiger partial charge on any atom is -0.389 e. The number of nitrogens with zero attached hydrogens (tertiary/aromatic N) is 2. The highest BCUT2D eigenvalue weighted by molar-refractivity contribution is 7.80. The zero-order chi connectivity index (χ0) is 19.7. The lowest BCUT2D eigenvalue weighted by Crippen LogP contribution is -2.47. The van der Waals surface area contributed by atoms with Crippen LogP contribution in [0.5, 0.6) is 0 Å². The van der Waals surface area contributed by atoms with Crippen molar-refractivity contribution in [3.05, 3.63) is 65.0 Å². The molecule has 2 aliphatic heterocycles. The third kappa shape index (κ3) is 4.06. The molecule has 5 heteroatoms. The zero-order valence-electron chi connectivity index (χ0n) is 16.4. The predicted molar refractivity (Wildman–Crippen MR) is 118 cm³/mol. The van der Waals surface area contributed by atoms with Gasteiger partial charge in [-0.05, 0) is 61.9 Å². The highest BCUT2D eigenvalue weighted by Gasteiger charge is 2.33. The fourth-order valence-corrected chi connectivity index (χ4v) is 4.83. The lowest BCUT2D eigenvalue weighted by atomic mass is 10.0. The van der Waals surface area contributed by atoms with Crippen molar-refractivity contribution in [2.45, 2.75) is 44.7 Å². The molecule has 0 radical (unpaired) electrons. The maximum atomic E-state index is 13.0. The zero-order valence-corrected chi connectivity index (χ0v) is 17.2. The second-order valence-electron chi connectivity index (χ2n) is 8.12. The van der Waals surface area contributed by atoms with Crippen LogP contribution in [0.15, 0.2) is 42.5 Å². The average Bonchev–Trinajstić information content (AvgIpc) is 3.03. The summed E-state index contributed by atoms with van der Waals surface area (Å²) < 4.78 is 13.0. The van der Waals surface area contributed by atoms with Gasteiger partial charge in [-0.2, -0.15) is 0 Å². The molecule has 148 valence electrons. The smallest absolute Gasteiger partial charge is 0.123 e. The second kappa shape index (κ2) is 8.18. The van der Waals surface area contributed by atoms with E-state index in [2.05, 4.69) is 34.9 Å². The molecule has 0 aromatic heterocycles. The van der Waals surface area contributed by atoms with E-state index in [1.807, 2.05) is 12.1 Å². The first-order valence-corrected chi connectivity index (χ1v) is 10.6. The van der Waals surface area contributed by atoms with E-state index in [0.717, 1.165) is 38.0 Å². The summed E-state index contributed by atoms with van der Waals surface area (Å²) in [7, 11) is 0. The van der Waals surface area contributed by atoms with Crippen molar-refractivity contribution in [2.75, 3.05) is 24.5 Å². The van der Waals surface area contributed by atoms with Gasteiger partial charge in [-0.3, -0.25) is 0 Å². The predicted octanol–water partition coefficient (Wildman–Crippen LogP) is 3.92. The normalized spacial score (nSPS) is 20.4. The maximum absolute atomic E-state index is 13.0. The number of hydrogen-bond acceptors (Lipinski definition) is 3. The summed E-state index contributed by atoms with van der Waals surface area (Å²) in [4.78, 5) is 5.61. The van der Waals surface area contributed by atoms with Gasteiger partial charge in [0, 0.05) is 43.0 Å². The molecule has 2 heterocycles. The summed E-state index contributed by atoms with van der Waals surface area (Å²) in [5, 5.41) is 0. The van der Waals surface area contributed by atoms with E-state index in [-0.39, 0.29) is 5.82 Å². The minimum atomic E-state index is -0.164. The largest absolute Gasteiger partial charge is 0.389 e. The molecule has 2 N–H and O–H groups in total. The molecule has 4 rings (SSSR count). The number of hydrogen-bond donors (Lipinski definition) is 1. The number of thiocarbonyl (C=S) groups is 1. The molecule has 1 unspecified atom stereocenters. The highest BCUT2D eigenvalue weighted by atomic mass is 32.1. The van der Waals surface area contributed by atoms with Crippen LogP contribution in [0.2, 0.25) is 0 Å². The van der Waals surface area contributed by atoms with Gasteiger partial charge in [0.25, 0.3) is 0 Å². The molecule has 0 saturated carbocycles. The number of anilines is 1. The third-order valence-electron chi connectivity index (χ3n) is 6.22. The van der Waals surface area contributed by atoms with E-state index in [1.54, 1.807) is 12.1 Å². The first-order valence-electron chi connectivity index (χ1n) is 10.2. The maximum Gasteiger partial charge on any atom is 0.123 e. The van der Waals surface area contributed by atoms with Crippen LogP contribution in [-0.4, -0.2) is 41.6 Å². The molecule has 2 aliphatic rings. The molecule has 0 aliphatic carbocycles. The fraction of sp³-hybridized carbons (Fsp3) is 0.435. The van der Waals surface area contributed by atoms with Gasteiger partial charge < -0.3 is 15.5 Å². The van der Waals surface area contributed by atoms with Gasteiger partial charge in [-0.15, -0.1) is 0 Å². The Morgan fingerprint density at radius 2 is 1.86 bits per heavy atom. The number of halogens is 1. The van der Waals surface area contributed by atoms with Gasteiger partial charge in [0.2, 0.25) is 0 Å². The molecule has 2 aromatic carbocycles. The Labute approximate surface area is 172 Å². The number of benzene rings is 2. The summed E-state index contributed by atoms with van der Waals surface area (Å²) >= 11 is 5.18. The lowest BCUT2D eigenvalue weighted by molar-refractivity contribution is 0.208. The van der Waals surface area contributed by atoms with Gasteiger partial charge in [0.15, 0.2) is 0 Å². The van der Waals surface area contributed by atoms with Crippen molar-refractivity contribution in [2.24, 2.45) is 5.73 Å². The van der Waals surface area contributed by atoms with E-state index >= 15 is 0 Å². The minimum absolute atomic E-state index is 0.164. The van der Waals surface area contributed by atoms with Crippen molar-refractivity contribution in [3.8, 4) is 0 Å². The van der Waals surface area contributed by atoms with Gasteiger partial charge >= 0.3 is 0 Å². The molecule has 0 amide bonds. The third-order valence-corrected chi connectivity index (χ3v) is 6.45. The Balaban J connectivity index is 1.37. The summed E-state index contributed by atoms with van der Waals surface area (Å²) in [6, 6.07) is 14.4. The number of rotatable bonds is 5. The number of piperidine rings is 1. The average molecular weight is 398 g/mol. The fourth-order valence-electron chi connectivity index (χ4n) is 4.70. The Hall–Kier alpha value is -1.98. The topological polar surface area (TPSA) is 32.5 Å². The lowest BCUT2D eigenvalue weighted by Gasteiger charge is -2.40. The second-order valence-corrected chi connectivity index (χ2v) is 8.56. The van der Waals surface area contributed by atoms with Gasteiger partial charge in [-0.1, -0.05) is 36.5 Å². The molecule has 1 fully saturated rings. The Bertz CT molecular complexity index is 843. The van der Waals surface area contributed by atoms with Crippen molar-refractivity contribution >= 4 is 22.9 Å². The Morgan fingerprint density at radius 1 is 1.14 bits per heavy atom. The first-order chi connectivity index (χ1) is 13.5. The van der Waals surface area contributed by atoms with Crippen LogP contribution in [0.25, 0.3) is 0 Å². The summed E-state index contributed by atoms with van der Waals surface area (Å²) in [5.74, 6) is -0.164. The van der Waals surface area contributed by atoms with Crippen LogP contribution in [0, 0.1) is 5.82 Å². The van der Waals surface area contributed by atoms with E-state index in [4.69, 9.17) is 18.0 Å². The van der Waals surface area contributed by atoms with E-state index in [9.17, 15) is 4.39 Å². The monoisotopic (exact) mass is 397 g/mol. The molecule has 1 saturated heterocycles. The molecular formula is C23H28FN3S. The molecule has 2 aromatic rings. The van der Waals surface area contributed by atoms with Crippen molar-refractivity contribution in [1.29, 1.82) is 0 Å². The molecule has 1 atom stereocenters.